The molecular formula is C16H19N3O. The number of morpholine rings is 1. The highest BCUT2D eigenvalue weighted by Gasteiger charge is 2.19. The van der Waals surface area contributed by atoms with Gasteiger partial charge in [-0.1, -0.05) is 29.8 Å². The Hall–Kier alpha value is -1.78. The molecule has 0 radical (unpaired) electrons. The van der Waals surface area contributed by atoms with Crippen molar-refractivity contribution in [3.63, 3.8) is 0 Å². The number of benzene rings is 1. The summed E-state index contributed by atoms with van der Waals surface area (Å²) in [6.07, 6.45) is 0. The van der Waals surface area contributed by atoms with Crippen molar-refractivity contribution in [3.05, 3.63) is 47.4 Å². The first-order valence-corrected chi connectivity index (χ1v) is 6.96. The highest BCUT2D eigenvalue weighted by Crippen LogP contribution is 2.21. The van der Waals surface area contributed by atoms with Crippen molar-refractivity contribution in [2.45, 2.75) is 19.9 Å². The zero-order valence-corrected chi connectivity index (χ0v) is 11.9. The maximum absolute atomic E-state index is 5.50. The second-order valence-corrected chi connectivity index (χ2v) is 5.20. The molecule has 0 saturated carbocycles. The molecule has 104 valence electrons. The Morgan fingerprint density at radius 3 is 2.65 bits per heavy atom. The van der Waals surface area contributed by atoms with Crippen LogP contribution in [-0.2, 0) is 4.74 Å². The van der Waals surface area contributed by atoms with Crippen LogP contribution in [0.25, 0.3) is 11.3 Å². The molecule has 1 atom stereocenters. The molecule has 0 bridgehead atoms. The van der Waals surface area contributed by atoms with E-state index in [1.54, 1.807) is 0 Å². The Labute approximate surface area is 119 Å². The zero-order chi connectivity index (χ0) is 13.9. The van der Waals surface area contributed by atoms with Crippen LogP contribution in [0, 0.1) is 13.8 Å². The van der Waals surface area contributed by atoms with E-state index in [0.29, 0.717) is 6.61 Å². The van der Waals surface area contributed by atoms with Gasteiger partial charge in [-0.2, -0.15) is 0 Å². The lowest BCUT2D eigenvalue weighted by molar-refractivity contribution is 0.0742. The average molecular weight is 269 g/mol. The molecular weight excluding hydrogens is 250 g/mol. The molecule has 1 fully saturated rings. The summed E-state index contributed by atoms with van der Waals surface area (Å²) in [5.41, 5.74) is 4.33. The van der Waals surface area contributed by atoms with Gasteiger partial charge in [0.25, 0.3) is 0 Å². The van der Waals surface area contributed by atoms with Crippen LogP contribution in [0.15, 0.2) is 30.3 Å². The van der Waals surface area contributed by atoms with Crippen molar-refractivity contribution >= 4 is 0 Å². The van der Waals surface area contributed by atoms with Crippen LogP contribution in [0.4, 0.5) is 0 Å². The fourth-order valence-electron chi connectivity index (χ4n) is 2.35. The van der Waals surface area contributed by atoms with Crippen molar-refractivity contribution in [1.29, 1.82) is 0 Å². The minimum Gasteiger partial charge on any atom is -0.378 e. The van der Waals surface area contributed by atoms with E-state index in [-0.39, 0.29) is 6.04 Å². The summed E-state index contributed by atoms with van der Waals surface area (Å²) in [4.78, 5) is 9.25. The van der Waals surface area contributed by atoms with Gasteiger partial charge in [0.15, 0.2) is 0 Å². The van der Waals surface area contributed by atoms with Gasteiger partial charge in [0.1, 0.15) is 5.82 Å². The predicted molar refractivity (Wildman–Crippen MR) is 78.5 cm³/mol. The summed E-state index contributed by atoms with van der Waals surface area (Å²) in [6, 6.07) is 10.5. The maximum atomic E-state index is 5.50. The fourth-order valence-corrected chi connectivity index (χ4v) is 2.35. The van der Waals surface area contributed by atoms with E-state index in [2.05, 4.69) is 41.5 Å². The van der Waals surface area contributed by atoms with E-state index < -0.39 is 0 Å². The summed E-state index contributed by atoms with van der Waals surface area (Å²) >= 11 is 0. The summed E-state index contributed by atoms with van der Waals surface area (Å²) in [6.45, 7) is 6.34. The van der Waals surface area contributed by atoms with Gasteiger partial charge < -0.3 is 10.1 Å². The molecule has 0 amide bonds. The first kappa shape index (κ1) is 13.2. The minimum atomic E-state index is 0.0906. The van der Waals surface area contributed by atoms with E-state index in [1.807, 2.05) is 13.0 Å². The molecule has 1 aromatic carbocycles. The Bertz CT molecular complexity index is 589. The summed E-state index contributed by atoms with van der Waals surface area (Å²) in [7, 11) is 0. The Morgan fingerprint density at radius 2 is 1.95 bits per heavy atom. The quantitative estimate of drug-likeness (QED) is 0.909. The van der Waals surface area contributed by atoms with Gasteiger partial charge in [-0.25, -0.2) is 9.97 Å². The molecule has 2 aromatic rings. The third-order valence-electron chi connectivity index (χ3n) is 3.45. The largest absolute Gasteiger partial charge is 0.378 e. The SMILES string of the molecule is Cc1ccc(-c2cc(C)nc(C3COCCN3)n2)cc1. The summed E-state index contributed by atoms with van der Waals surface area (Å²) < 4.78 is 5.50. The van der Waals surface area contributed by atoms with Crippen LogP contribution in [0.2, 0.25) is 0 Å². The lowest BCUT2D eigenvalue weighted by Crippen LogP contribution is -2.35. The van der Waals surface area contributed by atoms with Gasteiger partial charge in [0.05, 0.1) is 24.9 Å². The number of nitrogens with zero attached hydrogens (tertiary/aromatic N) is 2. The van der Waals surface area contributed by atoms with Crippen molar-refractivity contribution in [2.75, 3.05) is 19.8 Å². The van der Waals surface area contributed by atoms with E-state index in [4.69, 9.17) is 9.72 Å². The molecule has 1 N–H and O–H groups in total. The first-order valence-electron chi connectivity index (χ1n) is 6.96. The lowest BCUT2D eigenvalue weighted by atomic mass is 10.1. The number of aryl methyl sites for hydroxylation is 2. The second-order valence-electron chi connectivity index (χ2n) is 5.20. The number of nitrogens with one attached hydrogen (secondary N) is 1. The van der Waals surface area contributed by atoms with E-state index in [1.165, 1.54) is 5.56 Å². The predicted octanol–water partition coefficient (Wildman–Crippen LogP) is 2.42. The van der Waals surface area contributed by atoms with Crippen LogP contribution in [0.3, 0.4) is 0 Å². The van der Waals surface area contributed by atoms with Gasteiger partial charge >= 0.3 is 0 Å². The number of hydrogen-bond donors (Lipinski definition) is 1. The molecule has 2 heterocycles. The third-order valence-corrected chi connectivity index (χ3v) is 3.45. The molecule has 1 aliphatic rings. The Kier molecular flexibility index (Phi) is 3.76. The van der Waals surface area contributed by atoms with Crippen LogP contribution in [-0.4, -0.2) is 29.7 Å². The van der Waals surface area contributed by atoms with Gasteiger partial charge in [0, 0.05) is 17.8 Å². The molecule has 3 rings (SSSR count). The number of rotatable bonds is 2. The second kappa shape index (κ2) is 5.69. The number of ether oxygens (including phenoxy) is 1. The molecule has 1 aliphatic heterocycles. The fraction of sp³-hybridized carbons (Fsp3) is 0.375. The molecule has 1 saturated heterocycles. The van der Waals surface area contributed by atoms with Crippen molar-refractivity contribution in [1.82, 2.24) is 15.3 Å². The maximum Gasteiger partial charge on any atom is 0.148 e. The van der Waals surface area contributed by atoms with Crippen LogP contribution in [0.1, 0.15) is 23.1 Å². The van der Waals surface area contributed by atoms with Crippen molar-refractivity contribution < 1.29 is 4.74 Å². The summed E-state index contributed by atoms with van der Waals surface area (Å²) in [5, 5.41) is 3.40. The Morgan fingerprint density at radius 1 is 1.15 bits per heavy atom. The van der Waals surface area contributed by atoms with Crippen LogP contribution >= 0.6 is 0 Å². The van der Waals surface area contributed by atoms with Crippen LogP contribution in [0.5, 0.6) is 0 Å². The number of hydrogen-bond acceptors (Lipinski definition) is 4. The molecule has 0 aliphatic carbocycles. The molecule has 20 heavy (non-hydrogen) atoms. The first-order chi connectivity index (χ1) is 9.72. The standard InChI is InChI=1S/C16H19N3O/c1-11-3-5-13(6-4-11)14-9-12(2)18-16(19-14)15-10-20-8-7-17-15/h3-6,9,15,17H,7-8,10H2,1-2H3. The third kappa shape index (κ3) is 2.86. The van der Waals surface area contributed by atoms with Gasteiger partial charge in [-0.15, -0.1) is 0 Å². The molecule has 0 spiro atoms. The number of aromatic nitrogens is 2. The Balaban J connectivity index is 1.95. The van der Waals surface area contributed by atoms with Gasteiger partial charge in [0.2, 0.25) is 0 Å². The molecule has 4 heteroatoms. The lowest BCUT2D eigenvalue weighted by Gasteiger charge is -2.23. The van der Waals surface area contributed by atoms with E-state index in [0.717, 1.165) is 35.9 Å². The highest BCUT2D eigenvalue weighted by molar-refractivity contribution is 5.59. The molecule has 1 unspecified atom stereocenters. The van der Waals surface area contributed by atoms with Crippen LogP contribution < -0.4 is 5.32 Å². The smallest absolute Gasteiger partial charge is 0.148 e. The minimum absolute atomic E-state index is 0.0906. The molecule has 1 aromatic heterocycles. The van der Waals surface area contributed by atoms with Gasteiger partial charge in [-0.3, -0.25) is 0 Å². The van der Waals surface area contributed by atoms with E-state index >= 15 is 0 Å². The normalized spacial score (nSPS) is 19.0. The van der Waals surface area contributed by atoms with Crippen molar-refractivity contribution in [3.8, 4) is 11.3 Å². The van der Waals surface area contributed by atoms with Gasteiger partial charge in [-0.05, 0) is 19.9 Å². The zero-order valence-electron chi connectivity index (χ0n) is 11.9. The van der Waals surface area contributed by atoms with Crippen molar-refractivity contribution in [2.24, 2.45) is 0 Å². The van der Waals surface area contributed by atoms with E-state index in [9.17, 15) is 0 Å². The topological polar surface area (TPSA) is 47.0 Å². The monoisotopic (exact) mass is 269 g/mol. The highest BCUT2D eigenvalue weighted by atomic mass is 16.5. The summed E-state index contributed by atoms with van der Waals surface area (Å²) in [5.74, 6) is 0.820. The molecule has 4 nitrogen and oxygen atoms in total. The average Bonchev–Trinajstić information content (AvgIpc) is 2.48.